The molecule has 3 aliphatic rings. The zero-order valence-electron chi connectivity index (χ0n) is 30.1. The molecule has 0 bridgehead atoms. The number of rotatable bonds is 7. The lowest BCUT2D eigenvalue weighted by molar-refractivity contribution is 0.0916. The number of phenols is 2. The smallest absolute Gasteiger partial charge is 0.300 e. The minimum atomic E-state index is -5.05. The molecule has 2 unspecified atom stereocenters. The Balaban J connectivity index is 1.44. The van der Waals surface area contributed by atoms with Gasteiger partial charge in [-0.25, -0.2) is 0 Å². The lowest BCUT2D eigenvalue weighted by Crippen LogP contribution is -2.33. The molecule has 284 valence electrons. The highest BCUT2D eigenvalue weighted by Gasteiger charge is 2.45. The Morgan fingerprint density at radius 3 is 2.13 bits per heavy atom. The van der Waals surface area contributed by atoms with Gasteiger partial charge in [0.05, 0.1) is 23.2 Å². The number of aliphatic hydroxyl groups is 1. The van der Waals surface area contributed by atoms with Crippen LogP contribution in [0.4, 0.5) is 5.69 Å². The van der Waals surface area contributed by atoms with E-state index in [0.717, 1.165) is 0 Å². The summed E-state index contributed by atoms with van der Waals surface area (Å²) in [6.07, 6.45) is -1.21. The molecule has 0 aromatic heterocycles. The van der Waals surface area contributed by atoms with Crippen molar-refractivity contribution in [1.29, 1.82) is 0 Å². The van der Waals surface area contributed by atoms with Crippen LogP contribution in [-0.4, -0.2) is 65.8 Å². The molecule has 4 aromatic rings. The summed E-state index contributed by atoms with van der Waals surface area (Å²) in [7, 11) is -10.1. The van der Waals surface area contributed by atoms with E-state index in [-0.39, 0.29) is 62.8 Å². The van der Waals surface area contributed by atoms with Crippen LogP contribution in [0.15, 0.2) is 69.4 Å². The van der Waals surface area contributed by atoms with Crippen molar-refractivity contribution in [2.45, 2.75) is 80.4 Å². The topological polar surface area (TPSA) is 232 Å². The van der Waals surface area contributed by atoms with Gasteiger partial charge in [0.1, 0.15) is 0 Å². The fraction of sp³-hybridized carbons (Fsp3) is 0.316. The van der Waals surface area contributed by atoms with Gasteiger partial charge in [-0.2, -0.15) is 16.8 Å². The number of phenolic OH excluding ortho intramolecular Hbond substituents is 2. The first-order valence-corrected chi connectivity index (χ1v) is 19.9. The van der Waals surface area contributed by atoms with Crippen molar-refractivity contribution in [3.63, 3.8) is 0 Å². The second-order valence-electron chi connectivity index (χ2n) is 15.1. The maximum Gasteiger partial charge on any atom is 0.300 e. The molecule has 0 saturated carbocycles. The summed E-state index contributed by atoms with van der Waals surface area (Å²) in [5.74, 6) is -2.08. The average molecular weight is 778 g/mol. The molecule has 16 heteroatoms. The van der Waals surface area contributed by atoms with Crippen molar-refractivity contribution in [2.24, 2.45) is 4.99 Å². The Morgan fingerprint density at radius 2 is 1.52 bits per heavy atom. The zero-order valence-corrected chi connectivity index (χ0v) is 31.7. The molecule has 0 radical (unpaired) electrons. The van der Waals surface area contributed by atoms with Crippen molar-refractivity contribution in [1.82, 2.24) is 5.32 Å². The molecule has 14 nitrogen and oxygen atoms in total. The molecule has 0 spiro atoms. The third kappa shape index (κ3) is 5.80. The second kappa shape index (κ2) is 12.3. The Hall–Kier alpha value is -5.00. The SMILES string of the molecule is CC1N=c2c(cc3c(c2S(=O)(=O)O)Oc2c(cc4c(c2S(=O)(=O)O)NC(C)C4(C)C)C=3c2ccc(C(=O)NC[C@@H](O)c3ccc(O)c(O)c3)cc2)C1(C)C. The molecule has 0 fully saturated rings. The van der Waals surface area contributed by atoms with Crippen LogP contribution in [0, 0.1) is 0 Å². The van der Waals surface area contributed by atoms with Crippen molar-refractivity contribution < 1.29 is 50.8 Å². The lowest BCUT2D eigenvalue weighted by atomic mass is 9.78. The largest absolute Gasteiger partial charge is 0.504 e. The highest BCUT2D eigenvalue weighted by molar-refractivity contribution is 7.86. The summed E-state index contributed by atoms with van der Waals surface area (Å²) in [5, 5.41) is 35.9. The maximum absolute atomic E-state index is 13.2. The summed E-state index contributed by atoms with van der Waals surface area (Å²) < 4.78 is 80.6. The second-order valence-corrected chi connectivity index (χ2v) is 17.8. The molecule has 0 aliphatic carbocycles. The van der Waals surface area contributed by atoms with Gasteiger partial charge in [-0.1, -0.05) is 45.9 Å². The lowest BCUT2D eigenvalue weighted by Gasteiger charge is -2.29. The minimum absolute atomic E-state index is 0.0179. The summed E-state index contributed by atoms with van der Waals surface area (Å²) in [4.78, 5) is 16.6. The molecule has 54 heavy (non-hydrogen) atoms. The van der Waals surface area contributed by atoms with Crippen LogP contribution in [0.3, 0.4) is 0 Å². The summed E-state index contributed by atoms with van der Waals surface area (Å²) in [5.41, 5.74) is 1.22. The van der Waals surface area contributed by atoms with E-state index in [2.05, 4.69) is 15.6 Å². The summed E-state index contributed by atoms with van der Waals surface area (Å²) in [6, 6.07) is 12.7. The van der Waals surface area contributed by atoms with Gasteiger partial charge < -0.3 is 30.7 Å². The number of carbonyl (C=O) groups is 1. The molecule has 0 saturated heterocycles. The summed E-state index contributed by atoms with van der Waals surface area (Å²) in [6.45, 7) is 11.0. The van der Waals surface area contributed by atoms with Gasteiger partial charge >= 0.3 is 0 Å². The van der Waals surface area contributed by atoms with Gasteiger partial charge in [-0.15, -0.1) is 0 Å². The molecule has 3 aliphatic heterocycles. The van der Waals surface area contributed by atoms with Crippen molar-refractivity contribution in [3.05, 3.63) is 98.6 Å². The molecule has 4 aromatic carbocycles. The molecule has 3 heterocycles. The zero-order chi connectivity index (χ0) is 39.4. The van der Waals surface area contributed by atoms with Crippen LogP contribution >= 0.6 is 0 Å². The third-order valence-corrected chi connectivity index (χ3v) is 13.0. The number of aromatic hydroxyl groups is 2. The van der Waals surface area contributed by atoms with Crippen LogP contribution < -0.4 is 25.9 Å². The number of hydrogen-bond acceptors (Lipinski definition) is 11. The highest BCUT2D eigenvalue weighted by Crippen LogP contribution is 2.52. The fourth-order valence-electron chi connectivity index (χ4n) is 7.31. The average Bonchev–Trinajstić information content (AvgIpc) is 3.44. The van der Waals surface area contributed by atoms with Crippen molar-refractivity contribution in [3.8, 4) is 23.0 Å². The number of fused-ring (bicyclic) bond motifs is 4. The van der Waals surface area contributed by atoms with E-state index in [1.807, 2.05) is 34.6 Å². The number of nitrogens with zero attached hydrogens (tertiary/aromatic N) is 1. The van der Waals surface area contributed by atoms with Crippen LogP contribution in [-0.2, 0) is 31.1 Å². The fourth-order valence-corrected chi connectivity index (χ4v) is 8.92. The number of hydrogen-bond donors (Lipinski definition) is 7. The van der Waals surface area contributed by atoms with Gasteiger partial charge in [0.25, 0.3) is 26.1 Å². The standard InChI is InChI=1S/C38H39N3O11S2/c1-17-37(3,4)24-14-22-29(19-7-9-20(10-8-19)36(45)39-16-28(44)21-11-12-26(42)27(43)13-21)23-15-25-31(41-18(2)38(25,5)6)35(54(49,50)51)33(23)52-32(22)34(30(24)40-17)53(46,47)48/h7-15,17-18,28,40,42-44H,16H2,1-6H3,(H,39,45)(H,46,47,48)(H,49,50,51)/t17?,18?,28-/m1/s1. The molecule has 7 N–H and O–H groups in total. The van der Waals surface area contributed by atoms with Crippen LogP contribution in [0.1, 0.15) is 85.8 Å². The van der Waals surface area contributed by atoms with Crippen molar-refractivity contribution in [2.75, 3.05) is 11.9 Å². The molecule has 1 amide bonds. The monoisotopic (exact) mass is 777 g/mol. The first kappa shape index (κ1) is 37.3. The first-order chi connectivity index (χ1) is 25.0. The van der Waals surface area contributed by atoms with Crippen LogP contribution in [0.5, 0.6) is 23.0 Å². The predicted molar refractivity (Wildman–Crippen MR) is 197 cm³/mol. The van der Waals surface area contributed by atoms with E-state index in [9.17, 15) is 46.1 Å². The number of carbonyl (C=O) groups excluding carboxylic acids is 1. The number of benzene rings is 4. The first-order valence-electron chi connectivity index (χ1n) is 17.0. The van der Waals surface area contributed by atoms with E-state index in [1.165, 1.54) is 30.3 Å². The van der Waals surface area contributed by atoms with Gasteiger partial charge in [0.15, 0.2) is 32.8 Å². The highest BCUT2D eigenvalue weighted by atomic mass is 32.2. The predicted octanol–water partition coefficient (Wildman–Crippen LogP) is 3.80. The number of aliphatic hydroxyl groups excluding tert-OH is 1. The Morgan fingerprint density at radius 1 is 0.870 bits per heavy atom. The normalized spacial score (nSPS) is 19.7. The van der Waals surface area contributed by atoms with E-state index in [4.69, 9.17) is 4.74 Å². The van der Waals surface area contributed by atoms with Gasteiger partial charge in [0, 0.05) is 45.3 Å². The van der Waals surface area contributed by atoms with E-state index >= 15 is 0 Å². The Labute approximate surface area is 311 Å². The van der Waals surface area contributed by atoms with Gasteiger partial charge in [0.2, 0.25) is 0 Å². The number of ether oxygens (including phenoxy) is 1. The summed E-state index contributed by atoms with van der Waals surface area (Å²) >= 11 is 0. The maximum atomic E-state index is 13.2. The van der Waals surface area contributed by atoms with Gasteiger partial charge in [-0.05, 0) is 72.5 Å². The van der Waals surface area contributed by atoms with E-state index in [1.54, 1.807) is 31.2 Å². The molecule has 7 rings (SSSR count). The van der Waals surface area contributed by atoms with E-state index in [0.29, 0.717) is 22.3 Å². The Kier molecular flexibility index (Phi) is 8.47. The van der Waals surface area contributed by atoms with Crippen LogP contribution in [0.25, 0.3) is 5.57 Å². The Bertz CT molecular complexity index is 2660. The molecular weight excluding hydrogens is 739 g/mol. The van der Waals surface area contributed by atoms with Gasteiger partial charge in [-0.3, -0.25) is 18.9 Å². The number of anilines is 1. The minimum Gasteiger partial charge on any atom is -0.504 e. The molecule has 3 atom stereocenters. The number of amides is 1. The quantitative estimate of drug-likeness (QED) is 0.0925. The van der Waals surface area contributed by atoms with Crippen LogP contribution in [0.2, 0.25) is 0 Å². The van der Waals surface area contributed by atoms with E-state index < -0.39 is 64.7 Å². The number of nitrogens with one attached hydrogen (secondary N) is 2. The molecular formula is C38H39N3O11S2. The third-order valence-electron chi connectivity index (χ3n) is 11.2. The van der Waals surface area contributed by atoms with Crippen molar-refractivity contribution >= 4 is 37.4 Å².